The van der Waals surface area contributed by atoms with Gasteiger partial charge in [-0.3, -0.25) is 9.59 Å². The molecular weight excluding hydrogens is 368 g/mol. The number of hydrogen-bond acceptors (Lipinski definition) is 4. The molecule has 8 heteroatoms. The van der Waals surface area contributed by atoms with Crippen LogP contribution in [0.4, 0.5) is 8.78 Å². The summed E-state index contributed by atoms with van der Waals surface area (Å²) < 4.78 is 32.7. The minimum absolute atomic E-state index is 0.122. The largest absolute Gasteiger partial charge is 0.496 e. The van der Waals surface area contributed by atoms with E-state index in [1.165, 1.54) is 49.6 Å². The minimum atomic E-state index is -0.467. The summed E-state index contributed by atoms with van der Waals surface area (Å²) in [5, 5.41) is 6.78. The second-order valence-corrected chi connectivity index (χ2v) is 5.97. The summed E-state index contributed by atoms with van der Waals surface area (Å²) >= 11 is 0. The molecule has 0 aliphatic carbocycles. The summed E-state index contributed by atoms with van der Waals surface area (Å²) in [7, 11) is 1.40. The third-order valence-electron chi connectivity index (χ3n) is 3.98. The quantitative estimate of drug-likeness (QED) is 0.708. The summed E-state index contributed by atoms with van der Waals surface area (Å²) in [6, 6.07) is 12.5. The van der Waals surface area contributed by atoms with E-state index in [0.29, 0.717) is 16.8 Å². The minimum Gasteiger partial charge on any atom is -0.496 e. The summed E-state index contributed by atoms with van der Waals surface area (Å²) in [5.41, 5.74) is 0.969. The molecule has 0 unspecified atom stereocenters. The van der Waals surface area contributed by atoms with Crippen LogP contribution in [-0.2, 0) is 17.9 Å². The van der Waals surface area contributed by atoms with Gasteiger partial charge in [-0.1, -0.05) is 12.1 Å². The normalized spacial score (nSPS) is 10.5. The Labute approximate surface area is 159 Å². The molecule has 0 spiro atoms. The van der Waals surface area contributed by atoms with Gasteiger partial charge in [0.25, 0.3) is 5.56 Å². The molecular formula is C20H17F2N3O3. The lowest BCUT2D eigenvalue weighted by atomic mass is 10.1. The number of carbonyl (C=O) groups is 1. The van der Waals surface area contributed by atoms with E-state index in [0.717, 1.165) is 4.68 Å². The van der Waals surface area contributed by atoms with Crippen molar-refractivity contribution in [1.82, 2.24) is 15.1 Å². The van der Waals surface area contributed by atoms with Crippen molar-refractivity contribution in [2.75, 3.05) is 7.11 Å². The zero-order chi connectivity index (χ0) is 20.1. The fourth-order valence-electron chi connectivity index (χ4n) is 2.62. The van der Waals surface area contributed by atoms with E-state index < -0.39 is 23.1 Å². The van der Waals surface area contributed by atoms with Gasteiger partial charge in [-0.05, 0) is 35.9 Å². The Balaban J connectivity index is 1.76. The number of amides is 1. The third kappa shape index (κ3) is 4.59. The number of aromatic nitrogens is 2. The lowest BCUT2D eigenvalue weighted by Crippen LogP contribution is -2.33. The highest BCUT2D eigenvalue weighted by Gasteiger charge is 2.12. The number of ether oxygens (including phenoxy) is 1. The number of rotatable bonds is 6. The first-order valence-electron chi connectivity index (χ1n) is 8.39. The maximum absolute atomic E-state index is 13.4. The second kappa shape index (κ2) is 8.43. The molecule has 1 N–H and O–H groups in total. The molecule has 3 aromatic rings. The van der Waals surface area contributed by atoms with Crippen LogP contribution < -0.4 is 15.6 Å². The van der Waals surface area contributed by atoms with Crippen LogP contribution in [0.15, 0.2) is 59.4 Å². The van der Waals surface area contributed by atoms with Crippen molar-refractivity contribution in [1.29, 1.82) is 0 Å². The van der Waals surface area contributed by atoms with E-state index in [1.807, 2.05) is 0 Å². The number of halogens is 2. The molecule has 2 aromatic carbocycles. The van der Waals surface area contributed by atoms with Crippen LogP contribution in [0.2, 0.25) is 0 Å². The molecule has 0 bridgehead atoms. The number of benzene rings is 2. The van der Waals surface area contributed by atoms with Gasteiger partial charge in [-0.2, -0.15) is 5.10 Å². The lowest BCUT2D eigenvalue weighted by molar-refractivity contribution is -0.122. The van der Waals surface area contributed by atoms with Gasteiger partial charge >= 0.3 is 0 Å². The van der Waals surface area contributed by atoms with Gasteiger partial charge < -0.3 is 10.1 Å². The molecule has 0 saturated carbocycles. The van der Waals surface area contributed by atoms with Crippen molar-refractivity contribution < 1.29 is 18.3 Å². The van der Waals surface area contributed by atoms with Crippen molar-refractivity contribution in [3.63, 3.8) is 0 Å². The molecule has 3 rings (SSSR count). The van der Waals surface area contributed by atoms with Crippen LogP contribution in [0.1, 0.15) is 5.56 Å². The molecule has 1 amide bonds. The van der Waals surface area contributed by atoms with E-state index in [-0.39, 0.29) is 18.8 Å². The smallest absolute Gasteiger partial charge is 0.267 e. The van der Waals surface area contributed by atoms with Gasteiger partial charge in [0.2, 0.25) is 5.91 Å². The highest BCUT2D eigenvalue weighted by Crippen LogP contribution is 2.28. The Bertz CT molecular complexity index is 1070. The topological polar surface area (TPSA) is 73.2 Å². The maximum Gasteiger partial charge on any atom is 0.267 e. The van der Waals surface area contributed by atoms with Gasteiger partial charge in [-0.25, -0.2) is 13.5 Å². The molecule has 0 radical (unpaired) electrons. The second-order valence-electron chi connectivity index (χ2n) is 5.97. The van der Waals surface area contributed by atoms with E-state index in [4.69, 9.17) is 4.74 Å². The van der Waals surface area contributed by atoms with Crippen molar-refractivity contribution in [2.45, 2.75) is 13.1 Å². The Morgan fingerprint density at radius 2 is 1.89 bits per heavy atom. The number of methoxy groups -OCH3 is 1. The Hall–Kier alpha value is -3.55. The van der Waals surface area contributed by atoms with Crippen LogP contribution in [0.3, 0.4) is 0 Å². The summed E-state index contributed by atoms with van der Waals surface area (Å²) in [6.45, 7) is -0.192. The molecule has 1 aromatic heterocycles. The van der Waals surface area contributed by atoms with E-state index in [9.17, 15) is 18.4 Å². The zero-order valence-electron chi connectivity index (χ0n) is 15.0. The fourth-order valence-corrected chi connectivity index (χ4v) is 2.62. The van der Waals surface area contributed by atoms with Crippen LogP contribution in [-0.4, -0.2) is 22.8 Å². The first-order valence-corrected chi connectivity index (χ1v) is 8.39. The third-order valence-corrected chi connectivity index (χ3v) is 3.98. The Morgan fingerprint density at radius 1 is 1.11 bits per heavy atom. The van der Waals surface area contributed by atoms with Crippen LogP contribution in [0.25, 0.3) is 11.3 Å². The predicted molar refractivity (Wildman–Crippen MR) is 98.7 cm³/mol. The van der Waals surface area contributed by atoms with Crippen LogP contribution >= 0.6 is 0 Å². The van der Waals surface area contributed by atoms with Gasteiger partial charge in [-0.15, -0.1) is 0 Å². The average Bonchev–Trinajstić information content (AvgIpc) is 2.68. The first kappa shape index (κ1) is 19.2. The lowest BCUT2D eigenvalue weighted by Gasteiger charge is -2.11. The molecule has 0 saturated heterocycles. The van der Waals surface area contributed by atoms with Crippen molar-refractivity contribution in [3.8, 4) is 17.0 Å². The average molecular weight is 385 g/mol. The SMILES string of the molecule is COc1cc(F)ccc1-c1ccc(=O)n(CC(=O)NCc2cccc(F)c2)n1. The van der Waals surface area contributed by atoms with Crippen LogP contribution in [0.5, 0.6) is 5.75 Å². The highest BCUT2D eigenvalue weighted by atomic mass is 19.1. The van der Waals surface area contributed by atoms with Gasteiger partial charge in [0, 0.05) is 24.2 Å². The van der Waals surface area contributed by atoms with Gasteiger partial charge in [0.05, 0.1) is 12.8 Å². The number of nitrogens with one attached hydrogen (secondary N) is 1. The fraction of sp³-hybridized carbons (Fsp3) is 0.150. The van der Waals surface area contributed by atoms with E-state index in [2.05, 4.69) is 10.4 Å². The predicted octanol–water partition coefficient (Wildman–Crippen LogP) is 2.51. The van der Waals surface area contributed by atoms with Crippen molar-refractivity contribution >= 4 is 5.91 Å². The van der Waals surface area contributed by atoms with E-state index in [1.54, 1.807) is 12.1 Å². The molecule has 28 heavy (non-hydrogen) atoms. The molecule has 144 valence electrons. The monoisotopic (exact) mass is 385 g/mol. The van der Waals surface area contributed by atoms with E-state index >= 15 is 0 Å². The molecule has 0 aliphatic rings. The maximum atomic E-state index is 13.4. The zero-order valence-corrected chi connectivity index (χ0v) is 15.0. The van der Waals surface area contributed by atoms with Crippen LogP contribution in [0, 0.1) is 11.6 Å². The molecule has 0 atom stereocenters. The van der Waals surface area contributed by atoms with Crippen molar-refractivity contribution in [2.24, 2.45) is 0 Å². The Kier molecular flexibility index (Phi) is 5.78. The molecule has 0 fully saturated rings. The Morgan fingerprint density at radius 3 is 2.64 bits per heavy atom. The standard InChI is InChI=1S/C20H17F2N3O3/c1-28-18-10-15(22)5-6-16(18)17-7-8-20(27)25(24-17)12-19(26)23-11-13-3-2-4-14(21)9-13/h2-10H,11-12H2,1H3,(H,23,26). The summed E-state index contributed by atoms with van der Waals surface area (Å²) in [6.07, 6.45) is 0. The number of hydrogen-bond donors (Lipinski definition) is 1. The summed E-state index contributed by atoms with van der Waals surface area (Å²) in [4.78, 5) is 24.2. The molecule has 1 heterocycles. The van der Waals surface area contributed by atoms with Gasteiger partial charge in [0.1, 0.15) is 23.9 Å². The molecule has 0 aliphatic heterocycles. The highest BCUT2D eigenvalue weighted by molar-refractivity contribution is 5.75. The number of nitrogens with zero attached hydrogens (tertiary/aromatic N) is 2. The number of carbonyl (C=O) groups excluding carboxylic acids is 1. The van der Waals surface area contributed by atoms with Gasteiger partial charge in [0.15, 0.2) is 0 Å². The molecule has 6 nitrogen and oxygen atoms in total. The summed E-state index contributed by atoms with van der Waals surface area (Å²) in [5.74, 6) is -1.06. The van der Waals surface area contributed by atoms with Crippen molar-refractivity contribution in [3.05, 3.63) is 82.1 Å². The first-order chi connectivity index (χ1) is 13.5.